The monoisotopic (exact) mass is 265 g/mol. The molecule has 104 valence electrons. The van der Waals surface area contributed by atoms with Crippen molar-refractivity contribution in [1.29, 1.82) is 0 Å². The van der Waals surface area contributed by atoms with Gasteiger partial charge < -0.3 is 15.0 Å². The first kappa shape index (κ1) is 13.8. The molecule has 0 saturated carbocycles. The molecule has 2 rings (SSSR count). The first-order valence-corrected chi connectivity index (χ1v) is 6.40. The minimum Gasteiger partial charge on any atom is -0.374 e. The lowest BCUT2D eigenvalue weighted by Gasteiger charge is -2.25. The SMILES string of the molecule is CCOC(C)(C)Cn1c(N)nc2cc(F)c(C)cc21. The van der Waals surface area contributed by atoms with Gasteiger partial charge in [-0.1, -0.05) is 0 Å². The number of nitrogens with two attached hydrogens (primary N) is 1. The number of rotatable bonds is 4. The van der Waals surface area contributed by atoms with E-state index in [2.05, 4.69) is 4.98 Å². The van der Waals surface area contributed by atoms with Crippen molar-refractivity contribution >= 4 is 17.0 Å². The number of anilines is 1. The molecule has 5 heteroatoms. The van der Waals surface area contributed by atoms with Crippen molar-refractivity contribution in [3.05, 3.63) is 23.5 Å². The Hall–Kier alpha value is -1.62. The molecule has 0 aliphatic heterocycles. The number of fused-ring (bicyclic) bond motifs is 1. The number of benzene rings is 1. The van der Waals surface area contributed by atoms with Gasteiger partial charge in [0.25, 0.3) is 0 Å². The maximum atomic E-state index is 13.5. The van der Waals surface area contributed by atoms with Crippen LogP contribution in [0.2, 0.25) is 0 Å². The van der Waals surface area contributed by atoms with Gasteiger partial charge in [0.05, 0.1) is 23.2 Å². The zero-order chi connectivity index (χ0) is 14.2. The van der Waals surface area contributed by atoms with Crippen molar-refractivity contribution < 1.29 is 9.13 Å². The lowest BCUT2D eigenvalue weighted by atomic mass is 10.1. The van der Waals surface area contributed by atoms with Crippen molar-refractivity contribution in [2.75, 3.05) is 12.3 Å². The number of nitrogens with zero attached hydrogens (tertiary/aromatic N) is 2. The van der Waals surface area contributed by atoms with E-state index in [1.54, 1.807) is 13.0 Å². The van der Waals surface area contributed by atoms with Crippen LogP contribution >= 0.6 is 0 Å². The molecule has 0 bridgehead atoms. The zero-order valence-corrected chi connectivity index (χ0v) is 11.8. The van der Waals surface area contributed by atoms with Crippen LogP contribution in [-0.2, 0) is 11.3 Å². The van der Waals surface area contributed by atoms with Gasteiger partial charge in [-0.15, -0.1) is 0 Å². The molecule has 0 aliphatic carbocycles. The molecule has 0 fully saturated rings. The second-order valence-corrected chi connectivity index (χ2v) is 5.34. The van der Waals surface area contributed by atoms with Gasteiger partial charge in [-0.25, -0.2) is 9.37 Å². The highest BCUT2D eigenvalue weighted by Crippen LogP contribution is 2.24. The number of aromatic nitrogens is 2. The van der Waals surface area contributed by atoms with Crippen LogP contribution in [0.5, 0.6) is 0 Å². The average Bonchev–Trinajstić information content (AvgIpc) is 2.56. The van der Waals surface area contributed by atoms with Crippen LogP contribution in [0.15, 0.2) is 12.1 Å². The van der Waals surface area contributed by atoms with Gasteiger partial charge in [0, 0.05) is 12.7 Å². The summed E-state index contributed by atoms with van der Waals surface area (Å²) in [5.41, 5.74) is 7.58. The molecular weight excluding hydrogens is 245 g/mol. The Labute approximate surface area is 112 Å². The number of imidazole rings is 1. The van der Waals surface area contributed by atoms with Crippen molar-refractivity contribution in [3.8, 4) is 0 Å². The Morgan fingerprint density at radius 1 is 1.42 bits per heavy atom. The molecule has 4 nitrogen and oxygen atoms in total. The van der Waals surface area contributed by atoms with Crippen molar-refractivity contribution in [2.45, 2.75) is 39.8 Å². The summed E-state index contributed by atoms with van der Waals surface area (Å²) >= 11 is 0. The summed E-state index contributed by atoms with van der Waals surface area (Å²) in [7, 11) is 0. The fraction of sp³-hybridized carbons (Fsp3) is 0.500. The molecule has 0 saturated heterocycles. The van der Waals surface area contributed by atoms with Crippen molar-refractivity contribution in [3.63, 3.8) is 0 Å². The van der Waals surface area contributed by atoms with Gasteiger partial charge in [0.1, 0.15) is 5.82 Å². The van der Waals surface area contributed by atoms with E-state index in [0.717, 1.165) is 5.52 Å². The molecular formula is C14H20FN3O. The number of hydrogen-bond donors (Lipinski definition) is 1. The fourth-order valence-corrected chi connectivity index (χ4v) is 2.25. The van der Waals surface area contributed by atoms with Crippen LogP contribution < -0.4 is 5.73 Å². The van der Waals surface area contributed by atoms with E-state index in [4.69, 9.17) is 10.5 Å². The van der Waals surface area contributed by atoms with Crippen LogP contribution in [0.25, 0.3) is 11.0 Å². The number of aryl methyl sites for hydroxylation is 1. The van der Waals surface area contributed by atoms with Crippen LogP contribution in [0.3, 0.4) is 0 Å². The molecule has 0 unspecified atom stereocenters. The third-order valence-corrected chi connectivity index (χ3v) is 3.13. The maximum absolute atomic E-state index is 13.5. The second-order valence-electron chi connectivity index (χ2n) is 5.34. The highest BCUT2D eigenvalue weighted by atomic mass is 19.1. The van der Waals surface area contributed by atoms with Gasteiger partial charge in [-0.2, -0.15) is 0 Å². The quantitative estimate of drug-likeness (QED) is 0.924. The molecule has 1 aromatic heterocycles. The predicted molar refractivity (Wildman–Crippen MR) is 74.5 cm³/mol. The molecule has 0 amide bonds. The van der Waals surface area contributed by atoms with E-state index >= 15 is 0 Å². The Bertz CT molecular complexity index is 604. The number of halogens is 1. The summed E-state index contributed by atoms with van der Waals surface area (Å²) in [5.74, 6) is 0.119. The average molecular weight is 265 g/mol. The van der Waals surface area contributed by atoms with E-state index < -0.39 is 0 Å². The molecule has 0 atom stereocenters. The highest BCUT2D eigenvalue weighted by molar-refractivity contribution is 5.79. The van der Waals surface area contributed by atoms with E-state index in [1.807, 2.05) is 25.3 Å². The van der Waals surface area contributed by atoms with Crippen LogP contribution in [0.1, 0.15) is 26.3 Å². The lowest BCUT2D eigenvalue weighted by molar-refractivity contribution is -0.0212. The number of hydrogen-bond acceptors (Lipinski definition) is 3. The summed E-state index contributed by atoms with van der Waals surface area (Å²) < 4.78 is 21.1. The topological polar surface area (TPSA) is 53.1 Å². The molecule has 1 heterocycles. The van der Waals surface area contributed by atoms with Crippen molar-refractivity contribution in [1.82, 2.24) is 9.55 Å². The summed E-state index contributed by atoms with van der Waals surface area (Å²) in [6.45, 7) is 8.89. The van der Waals surface area contributed by atoms with Crippen LogP contribution in [-0.4, -0.2) is 21.8 Å². The summed E-state index contributed by atoms with van der Waals surface area (Å²) in [4.78, 5) is 4.20. The molecule has 0 spiro atoms. The first-order valence-electron chi connectivity index (χ1n) is 6.40. The summed E-state index contributed by atoms with van der Waals surface area (Å²) in [6.07, 6.45) is 0. The largest absolute Gasteiger partial charge is 0.374 e. The van der Waals surface area contributed by atoms with Crippen LogP contribution in [0.4, 0.5) is 10.3 Å². The smallest absolute Gasteiger partial charge is 0.201 e. The summed E-state index contributed by atoms with van der Waals surface area (Å²) in [6, 6.07) is 3.20. The van der Waals surface area contributed by atoms with E-state index in [-0.39, 0.29) is 11.4 Å². The lowest BCUT2D eigenvalue weighted by Crippen LogP contribution is -2.31. The molecule has 1 aromatic carbocycles. The Balaban J connectivity index is 2.48. The third kappa shape index (κ3) is 2.71. The van der Waals surface area contributed by atoms with E-state index in [9.17, 15) is 4.39 Å². The Morgan fingerprint density at radius 3 is 2.74 bits per heavy atom. The van der Waals surface area contributed by atoms with Gasteiger partial charge in [0.15, 0.2) is 0 Å². The Kier molecular flexibility index (Phi) is 3.49. The molecule has 2 N–H and O–H groups in total. The molecule has 0 aliphatic rings. The van der Waals surface area contributed by atoms with Gasteiger partial charge >= 0.3 is 0 Å². The number of nitrogen functional groups attached to an aromatic ring is 1. The van der Waals surface area contributed by atoms with Crippen LogP contribution in [0, 0.1) is 12.7 Å². The van der Waals surface area contributed by atoms with E-state index in [0.29, 0.717) is 30.2 Å². The third-order valence-electron chi connectivity index (χ3n) is 3.13. The summed E-state index contributed by atoms with van der Waals surface area (Å²) in [5, 5.41) is 0. The molecule has 2 aromatic rings. The normalized spacial score (nSPS) is 12.3. The first-order chi connectivity index (χ1) is 8.84. The van der Waals surface area contributed by atoms with Gasteiger partial charge in [0.2, 0.25) is 5.95 Å². The predicted octanol–water partition coefficient (Wildman–Crippen LogP) is 2.88. The molecule has 19 heavy (non-hydrogen) atoms. The number of ether oxygens (including phenoxy) is 1. The zero-order valence-electron chi connectivity index (χ0n) is 11.8. The minimum atomic E-state index is -0.348. The highest BCUT2D eigenvalue weighted by Gasteiger charge is 2.22. The maximum Gasteiger partial charge on any atom is 0.201 e. The molecule has 0 radical (unpaired) electrons. The van der Waals surface area contributed by atoms with Crippen molar-refractivity contribution in [2.24, 2.45) is 0 Å². The van der Waals surface area contributed by atoms with Gasteiger partial charge in [-0.3, -0.25) is 0 Å². The minimum absolute atomic E-state index is 0.263. The second kappa shape index (κ2) is 4.81. The van der Waals surface area contributed by atoms with Gasteiger partial charge in [-0.05, 0) is 39.3 Å². The standard InChI is InChI=1S/C14H20FN3O/c1-5-19-14(3,4)8-18-12-6-9(2)10(15)7-11(12)17-13(18)16/h6-7H,5,8H2,1-4H3,(H2,16,17). The Morgan fingerprint density at radius 2 is 2.11 bits per heavy atom. The fourth-order valence-electron chi connectivity index (χ4n) is 2.25. The van der Waals surface area contributed by atoms with E-state index in [1.165, 1.54) is 6.07 Å².